The summed E-state index contributed by atoms with van der Waals surface area (Å²) in [4.78, 5) is 17.0. The van der Waals surface area contributed by atoms with E-state index in [-0.39, 0.29) is 5.91 Å². The summed E-state index contributed by atoms with van der Waals surface area (Å²) in [6.07, 6.45) is 1.09. The van der Waals surface area contributed by atoms with Gasteiger partial charge < -0.3 is 15.0 Å². The highest BCUT2D eigenvalue weighted by Crippen LogP contribution is 2.16. The molecule has 0 bridgehead atoms. The van der Waals surface area contributed by atoms with Gasteiger partial charge in [0.05, 0.1) is 6.61 Å². The summed E-state index contributed by atoms with van der Waals surface area (Å²) in [6.45, 7) is 5.80. The zero-order valence-electron chi connectivity index (χ0n) is 16.4. The molecule has 0 aromatic heterocycles. The van der Waals surface area contributed by atoms with E-state index < -0.39 is 0 Å². The number of ether oxygens (including phenoxy) is 1. The molecule has 0 radical (unpaired) electrons. The summed E-state index contributed by atoms with van der Waals surface area (Å²) in [5, 5.41) is 3.68. The van der Waals surface area contributed by atoms with Crippen LogP contribution < -0.4 is 10.1 Å². The zero-order valence-corrected chi connectivity index (χ0v) is 17.1. The summed E-state index contributed by atoms with van der Waals surface area (Å²) in [7, 11) is 2.16. The van der Waals surface area contributed by atoms with Crippen LogP contribution in [0.1, 0.15) is 18.4 Å². The van der Waals surface area contributed by atoms with Crippen molar-refractivity contribution in [2.75, 3.05) is 45.2 Å². The van der Waals surface area contributed by atoms with Gasteiger partial charge in [-0.25, -0.2) is 0 Å². The lowest BCUT2D eigenvalue weighted by Gasteiger charge is -2.32. The molecule has 6 heteroatoms. The molecule has 1 heterocycles. The maximum atomic E-state index is 12.2. The smallest absolute Gasteiger partial charge is 0.224 e. The van der Waals surface area contributed by atoms with Crippen molar-refractivity contribution in [3.63, 3.8) is 0 Å². The molecule has 0 atom stereocenters. The number of halogens is 1. The van der Waals surface area contributed by atoms with Crippen molar-refractivity contribution < 1.29 is 9.53 Å². The van der Waals surface area contributed by atoms with Crippen LogP contribution in [0.4, 0.5) is 5.69 Å². The van der Waals surface area contributed by atoms with E-state index in [0.29, 0.717) is 24.5 Å². The molecule has 2 aromatic rings. The van der Waals surface area contributed by atoms with Crippen LogP contribution in [0.3, 0.4) is 0 Å². The third-order valence-corrected chi connectivity index (χ3v) is 5.10. The van der Waals surface area contributed by atoms with Gasteiger partial charge in [0.1, 0.15) is 5.75 Å². The van der Waals surface area contributed by atoms with E-state index in [0.717, 1.165) is 44.2 Å². The van der Waals surface area contributed by atoms with Gasteiger partial charge in [-0.1, -0.05) is 23.7 Å². The van der Waals surface area contributed by atoms with E-state index in [1.165, 1.54) is 5.56 Å². The number of nitrogens with one attached hydrogen (secondary N) is 1. The lowest BCUT2D eigenvalue weighted by molar-refractivity contribution is -0.116. The number of hydrogen-bond donors (Lipinski definition) is 1. The number of nitrogens with zero attached hydrogens (tertiary/aromatic N) is 2. The molecule has 1 amide bonds. The molecule has 2 aromatic carbocycles. The molecule has 1 saturated heterocycles. The number of amides is 1. The van der Waals surface area contributed by atoms with Crippen molar-refractivity contribution in [1.82, 2.24) is 9.80 Å². The lowest BCUT2D eigenvalue weighted by Crippen LogP contribution is -2.43. The van der Waals surface area contributed by atoms with Crippen LogP contribution in [0.5, 0.6) is 5.75 Å². The molecular weight excluding hydrogens is 374 g/mol. The molecule has 3 rings (SSSR count). The molecule has 1 aliphatic rings. The Balaban J connectivity index is 1.39. The Labute approximate surface area is 172 Å². The molecule has 5 nitrogen and oxygen atoms in total. The highest BCUT2D eigenvalue weighted by Gasteiger charge is 2.14. The van der Waals surface area contributed by atoms with Crippen LogP contribution in [0, 0.1) is 0 Å². The minimum Gasteiger partial charge on any atom is -0.494 e. The number of anilines is 1. The van der Waals surface area contributed by atoms with E-state index in [4.69, 9.17) is 16.3 Å². The van der Waals surface area contributed by atoms with Gasteiger partial charge in [0, 0.05) is 49.9 Å². The minimum atomic E-state index is 0.0106. The van der Waals surface area contributed by atoms with Gasteiger partial charge in [0.15, 0.2) is 0 Å². The first-order valence-electron chi connectivity index (χ1n) is 9.76. The fourth-order valence-corrected chi connectivity index (χ4v) is 3.31. The lowest BCUT2D eigenvalue weighted by atomic mass is 10.1. The van der Waals surface area contributed by atoms with Crippen molar-refractivity contribution in [2.24, 2.45) is 0 Å². The number of piperazine rings is 1. The standard InChI is InChI=1S/C22H28ClN3O2/c1-25-11-13-26(14-12-25)17-18-4-2-5-20(16-18)24-22(27)6-3-15-28-21-9-7-19(23)8-10-21/h2,4-5,7-10,16H,3,6,11-15,17H2,1H3,(H,24,27). The van der Waals surface area contributed by atoms with Gasteiger partial charge in [-0.15, -0.1) is 0 Å². The second-order valence-electron chi connectivity index (χ2n) is 7.23. The predicted octanol–water partition coefficient (Wildman–Crippen LogP) is 3.89. The molecule has 1 aliphatic heterocycles. The number of benzene rings is 2. The van der Waals surface area contributed by atoms with Gasteiger partial charge in [0.2, 0.25) is 5.91 Å². The van der Waals surface area contributed by atoms with Crippen LogP contribution in [0.2, 0.25) is 5.02 Å². The Morgan fingerprint density at radius 2 is 1.86 bits per heavy atom. The van der Waals surface area contributed by atoms with Crippen LogP contribution in [0.15, 0.2) is 48.5 Å². The van der Waals surface area contributed by atoms with Gasteiger partial charge in [-0.3, -0.25) is 9.69 Å². The summed E-state index contributed by atoms with van der Waals surface area (Å²) >= 11 is 5.85. The van der Waals surface area contributed by atoms with E-state index in [2.05, 4.69) is 34.3 Å². The van der Waals surface area contributed by atoms with Gasteiger partial charge in [-0.2, -0.15) is 0 Å². The monoisotopic (exact) mass is 401 g/mol. The summed E-state index contributed by atoms with van der Waals surface area (Å²) in [5.74, 6) is 0.776. The second-order valence-corrected chi connectivity index (χ2v) is 7.67. The van der Waals surface area contributed by atoms with E-state index in [9.17, 15) is 4.79 Å². The molecule has 0 aliphatic carbocycles. The fourth-order valence-electron chi connectivity index (χ4n) is 3.19. The quantitative estimate of drug-likeness (QED) is 0.682. The Morgan fingerprint density at radius 1 is 1.11 bits per heavy atom. The van der Waals surface area contributed by atoms with Crippen molar-refractivity contribution in [3.05, 3.63) is 59.1 Å². The normalized spacial score (nSPS) is 15.4. The number of carbonyl (C=O) groups excluding carboxylic acids is 1. The minimum absolute atomic E-state index is 0.0106. The third kappa shape index (κ3) is 6.82. The summed E-state index contributed by atoms with van der Waals surface area (Å²) in [5.41, 5.74) is 2.09. The largest absolute Gasteiger partial charge is 0.494 e. The predicted molar refractivity (Wildman–Crippen MR) is 114 cm³/mol. The number of likely N-dealkylation sites (N-methyl/N-ethyl adjacent to an activating group) is 1. The Hall–Kier alpha value is -2.08. The van der Waals surface area contributed by atoms with E-state index in [1.54, 1.807) is 12.1 Å². The van der Waals surface area contributed by atoms with Crippen LogP contribution in [-0.2, 0) is 11.3 Å². The molecule has 1 fully saturated rings. The van der Waals surface area contributed by atoms with E-state index >= 15 is 0 Å². The maximum absolute atomic E-state index is 12.2. The van der Waals surface area contributed by atoms with Gasteiger partial charge in [0.25, 0.3) is 0 Å². The Bertz CT molecular complexity index is 759. The van der Waals surface area contributed by atoms with Gasteiger partial charge in [-0.05, 0) is 55.4 Å². The molecule has 0 spiro atoms. The molecule has 28 heavy (non-hydrogen) atoms. The van der Waals surface area contributed by atoms with Crippen molar-refractivity contribution in [3.8, 4) is 5.75 Å². The average molecular weight is 402 g/mol. The van der Waals surface area contributed by atoms with Crippen LogP contribution >= 0.6 is 11.6 Å². The number of carbonyl (C=O) groups is 1. The van der Waals surface area contributed by atoms with E-state index in [1.807, 2.05) is 24.3 Å². The molecule has 150 valence electrons. The number of hydrogen-bond acceptors (Lipinski definition) is 4. The van der Waals surface area contributed by atoms with Crippen molar-refractivity contribution in [2.45, 2.75) is 19.4 Å². The first-order valence-corrected chi connectivity index (χ1v) is 10.1. The number of rotatable bonds is 8. The Kier molecular flexibility index (Phi) is 7.71. The van der Waals surface area contributed by atoms with Crippen molar-refractivity contribution in [1.29, 1.82) is 0 Å². The highest BCUT2D eigenvalue weighted by atomic mass is 35.5. The SMILES string of the molecule is CN1CCN(Cc2cccc(NC(=O)CCCOc3ccc(Cl)cc3)c2)CC1. The zero-order chi connectivity index (χ0) is 19.8. The topological polar surface area (TPSA) is 44.8 Å². The first kappa shape index (κ1) is 20.6. The highest BCUT2D eigenvalue weighted by molar-refractivity contribution is 6.30. The van der Waals surface area contributed by atoms with Gasteiger partial charge >= 0.3 is 0 Å². The molecule has 0 saturated carbocycles. The summed E-state index contributed by atoms with van der Waals surface area (Å²) < 4.78 is 5.63. The second kappa shape index (κ2) is 10.5. The Morgan fingerprint density at radius 3 is 2.61 bits per heavy atom. The first-order chi connectivity index (χ1) is 13.6. The third-order valence-electron chi connectivity index (χ3n) is 4.84. The molecule has 0 unspecified atom stereocenters. The fraction of sp³-hybridized carbons (Fsp3) is 0.409. The van der Waals surface area contributed by atoms with Crippen molar-refractivity contribution >= 4 is 23.2 Å². The summed E-state index contributed by atoms with van der Waals surface area (Å²) in [6, 6.07) is 15.4. The maximum Gasteiger partial charge on any atom is 0.224 e. The average Bonchev–Trinajstić information content (AvgIpc) is 2.69. The van der Waals surface area contributed by atoms with Crippen LogP contribution in [0.25, 0.3) is 0 Å². The van der Waals surface area contributed by atoms with Crippen LogP contribution in [-0.4, -0.2) is 55.5 Å². The molecular formula is C22H28ClN3O2. The molecule has 1 N–H and O–H groups in total.